The second kappa shape index (κ2) is 22.2. The molecule has 1 saturated heterocycles. The van der Waals surface area contributed by atoms with Gasteiger partial charge in [0.05, 0.1) is 11.4 Å². The van der Waals surface area contributed by atoms with Gasteiger partial charge in [-0.25, -0.2) is 9.59 Å². The van der Waals surface area contributed by atoms with Crippen molar-refractivity contribution in [3.8, 4) is 0 Å². The summed E-state index contributed by atoms with van der Waals surface area (Å²) in [5.74, 6) is 0.337. The largest absolute Gasteiger partial charge is 0.383 e. The molecule has 0 unspecified atom stereocenters. The van der Waals surface area contributed by atoms with Gasteiger partial charge in [0, 0.05) is 88.8 Å². The standard InChI is InChI=1S/C42H76N12O2/c1-31(2)54(32(3)4)29-26-51-24-27-52(28-25-51)36-17-16-33(41(5,6)7)30-35(36)46-21-13-20-45-34(14-11-19-47-38(43)44)15-12-22-53-23-18-37(49-40(53)56)48-39(55)50-42(8,9)10/h16-18,23,30-32,34,45-46H,11-15,19-22,24-29H2,1-10H3,(H4,43,44,47)(H2,48,49,50,55,56)/t34-/m0/s1. The van der Waals surface area contributed by atoms with E-state index < -0.39 is 17.3 Å². The van der Waals surface area contributed by atoms with Gasteiger partial charge in [-0.05, 0) is 116 Å². The van der Waals surface area contributed by atoms with E-state index in [9.17, 15) is 9.59 Å². The van der Waals surface area contributed by atoms with Crippen LogP contribution in [0.25, 0.3) is 0 Å². The second-order valence-electron chi connectivity index (χ2n) is 17.9. The first kappa shape index (κ1) is 46.5. The number of amides is 2. The van der Waals surface area contributed by atoms with Crippen molar-refractivity contribution in [2.45, 2.75) is 137 Å². The smallest absolute Gasteiger partial charge is 0.349 e. The molecule has 2 heterocycles. The van der Waals surface area contributed by atoms with Crippen LogP contribution in [0.3, 0.4) is 0 Å². The number of anilines is 3. The Morgan fingerprint density at radius 3 is 2.20 bits per heavy atom. The van der Waals surface area contributed by atoms with E-state index in [0.717, 1.165) is 84.5 Å². The van der Waals surface area contributed by atoms with Crippen molar-refractivity contribution in [1.29, 1.82) is 0 Å². The van der Waals surface area contributed by atoms with Crippen molar-refractivity contribution >= 4 is 29.2 Å². The number of carbonyl (C=O) groups excluding carboxylic acids is 1. The summed E-state index contributed by atoms with van der Waals surface area (Å²) in [7, 11) is 0. The lowest BCUT2D eigenvalue weighted by Crippen LogP contribution is -2.50. The van der Waals surface area contributed by atoms with Crippen molar-refractivity contribution < 1.29 is 4.79 Å². The van der Waals surface area contributed by atoms with Gasteiger partial charge in [-0.3, -0.25) is 24.7 Å². The highest BCUT2D eigenvalue weighted by atomic mass is 16.2. The van der Waals surface area contributed by atoms with E-state index in [2.05, 4.69) is 113 Å². The first-order valence-corrected chi connectivity index (χ1v) is 20.9. The fraction of sp³-hybridized carbons (Fsp3) is 0.714. The summed E-state index contributed by atoms with van der Waals surface area (Å²) in [4.78, 5) is 40.9. The Labute approximate surface area is 337 Å². The number of carbonyl (C=O) groups is 1. The van der Waals surface area contributed by atoms with E-state index in [4.69, 9.17) is 11.5 Å². The Hall–Kier alpha value is -3.88. The number of nitrogens with two attached hydrogens (primary N) is 2. The van der Waals surface area contributed by atoms with Crippen LogP contribution in [-0.4, -0.2) is 114 Å². The van der Waals surface area contributed by atoms with Gasteiger partial charge in [0.2, 0.25) is 0 Å². The average Bonchev–Trinajstić information content (AvgIpc) is 3.09. The maximum absolute atomic E-state index is 12.7. The number of aryl methyl sites for hydroxylation is 1. The van der Waals surface area contributed by atoms with Crippen LogP contribution in [0, 0.1) is 0 Å². The quantitative estimate of drug-likeness (QED) is 0.0576. The molecule has 0 aliphatic carbocycles. The number of nitrogens with zero attached hydrogens (tertiary/aromatic N) is 6. The fourth-order valence-corrected chi connectivity index (χ4v) is 7.18. The molecule has 14 heteroatoms. The third kappa shape index (κ3) is 16.7. The zero-order chi connectivity index (χ0) is 41.5. The third-order valence-electron chi connectivity index (χ3n) is 10.2. The van der Waals surface area contributed by atoms with Crippen molar-refractivity contribution in [1.82, 2.24) is 30.0 Å². The van der Waals surface area contributed by atoms with Gasteiger partial charge in [0.1, 0.15) is 5.82 Å². The fourth-order valence-electron chi connectivity index (χ4n) is 7.18. The summed E-state index contributed by atoms with van der Waals surface area (Å²) >= 11 is 0. The Morgan fingerprint density at radius 2 is 1.59 bits per heavy atom. The van der Waals surface area contributed by atoms with Gasteiger partial charge in [-0.1, -0.05) is 26.8 Å². The molecule has 316 valence electrons. The zero-order valence-electron chi connectivity index (χ0n) is 36.4. The van der Waals surface area contributed by atoms with Gasteiger partial charge in [-0.2, -0.15) is 4.98 Å². The molecule has 8 N–H and O–H groups in total. The van der Waals surface area contributed by atoms with Crippen molar-refractivity contribution in [3.05, 3.63) is 46.5 Å². The number of benzene rings is 1. The van der Waals surface area contributed by atoms with Gasteiger partial charge in [0.25, 0.3) is 0 Å². The molecule has 1 aliphatic heterocycles. The van der Waals surface area contributed by atoms with Crippen molar-refractivity contribution in [2.24, 2.45) is 16.5 Å². The molecule has 0 saturated carbocycles. The number of urea groups is 1. The normalized spacial score (nSPS) is 14.7. The van der Waals surface area contributed by atoms with Gasteiger partial charge in [-0.15, -0.1) is 0 Å². The maximum atomic E-state index is 12.7. The van der Waals surface area contributed by atoms with Crippen LogP contribution in [0.4, 0.5) is 22.0 Å². The van der Waals surface area contributed by atoms with E-state index in [0.29, 0.717) is 25.2 Å². The number of guanidine groups is 1. The molecular weight excluding hydrogens is 705 g/mol. The Kier molecular flexibility index (Phi) is 18.4. The monoisotopic (exact) mass is 781 g/mol. The summed E-state index contributed by atoms with van der Waals surface area (Å²) in [5, 5.41) is 13.0. The number of aromatic nitrogens is 2. The highest BCUT2D eigenvalue weighted by Gasteiger charge is 2.23. The Balaban J connectivity index is 1.55. The molecule has 56 heavy (non-hydrogen) atoms. The second-order valence-corrected chi connectivity index (χ2v) is 17.9. The summed E-state index contributed by atoms with van der Waals surface area (Å²) in [6.45, 7) is 30.9. The van der Waals surface area contributed by atoms with E-state index in [1.54, 1.807) is 16.8 Å². The molecule has 3 rings (SSSR count). The topological polar surface area (TPSA) is 174 Å². The molecule has 1 aromatic heterocycles. The lowest BCUT2D eigenvalue weighted by molar-refractivity contribution is 0.140. The SMILES string of the molecule is CC(C)N(CCN1CCN(c2ccc(C(C)(C)C)cc2NCCCN[C@@H](CCCN=C(N)N)CCCn2ccc(NC(=O)NC(C)(C)C)nc2=O)CC1)C(C)C. The summed E-state index contributed by atoms with van der Waals surface area (Å²) in [6.07, 6.45) is 6.09. The van der Waals surface area contributed by atoms with E-state index in [-0.39, 0.29) is 23.2 Å². The minimum Gasteiger partial charge on any atom is -0.383 e. The molecule has 1 aliphatic rings. The molecule has 1 atom stereocenters. The molecule has 0 spiro atoms. The maximum Gasteiger partial charge on any atom is 0.349 e. The molecule has 0 radical (unpaired) electrons. The molecule has 1 fully saturated rings. The van der Waals surface area contributed by atoms with Gasteiger partial charge in [0.15, 0.2) is 5.96 Å². The summed E-state index contributed by atoms with van der Waals surface area (Å²) in [5.41, 5.74) is 14.2. The predicted octanol–water partition coefficient (Wildman–Crippen LogP) is 5.00. The van der Waals surface area contributed by atoms with Crippen molar-refractivity contribution in [3.63, 3.8) is 0 Å². The molecule has 14 nitrogen and oxygen atoms in total. The van der Waals surface area contributed by atoms with Gasteiger partial charge >= 0.3 is 11.7 Å². The number of rotatable bonds is 21. The summed E-state index contributed by atoms with van der Waals surface area (Å²) in [6, 6.07) is 9.59. The molecule has 2 aromatic rings. The number of aliphatic imine (C=N–C) groups is 1. The van der Waals surface area contributed by atoms with Crippen LogP contribution in [0.2, 0.25) is 0 Å². The number of piperazine rings is 1. The Bertz CT molecular complexity index is 1560. The molecular formula is C42H76N12O2. The minimum atomic E-state index is -0.398. The number of hydrogen-bond donors (Lipinski definition) is 6. The summed E-state index contributed by atoms with van der Waals surface area (Å²) < 4.78 is 1.59. The lowest BCUT2D eigenvalue weighted by atomic mass is 9.86. The van der Waals surface area contributed by atoms with E-state index in [1.807, 2.05) is 20.8 Å². The van der Waals surface area contributed by atoms with Crippen LogP contribution in [0.1, 0.15) is 107 Å². The number of hydrogen-bond acceptors (Lipinski definition) is 9. The average molecular weight is 781 g/mol. The first-order chi connectivity index (χ1) is 26.3. The third-order valence-corrected chi connectivity index (χ3v) is 10.2. The van der Waals surface area contributed by atoms with Crippen LogP contribution in [0.15, 0.2) is 40.2 Å². The molecule has 0 bridgehead atoms. The lowest BCUT2D eigenvalue weighted by Gasteiger charge is -2.39. The highest BCUT2D eigenvalue weighted by molar-refractivity contribution is 5.88. The van der Waals surface area contributed by atoms with Gasteiger partial charge < -0.3 is 32.3 Å². The van der Waals surface area contributed by atoms with Crippen LogP contribution in [-0.2, 0) is 12.0 Å². The zero-order valence-corrected chi connectivity index (χ0v) is 36.4. The highest BCUT2D eigenvalue weighted by Crippen LogP contribution is 2.33. The first-order valence-electron chi connectivity index (χ1n) is 20.9. The Morgan fingerprint density at radius 1 is 0.911 bits per heavy atom. The van der Waals surface area contributed by atoms with Crippen molar-refractivity contribution in [2.75, 3.05) is 74.4 Å². The molecule has 1 aromatic carbocycles. The van der Waals surface area contributed by atoms with Crippen LogP contribution < -0.4 is 43.3 Å². The van der Waals surface area contributed by atoms with Crippen LogP contribution in [0.5, 0.6) is 0 Å². The molecule has 2 amide bonds. The minimum absolute atomic E-state index is 0.0580. The van der Waals surface area contributed by atoms with E-state index in [1.165, 1.54) is 16.9 Å². The van der Waals surface area contributed by atoms with E-state index >= 15 is 0 Å². The van der Waals surface area contributed by atoms with Crippen LogP contribution >= 0.6 is 0 Å². The predicted molar refractivity (Wildman–Crippen MR) is 235 cm³/mol. The number of nitrogens with one attached hydrogen (secondary N) is 4.